The number of nitrogen functional groups attached to an aromatic ring is 1. The summed E-state index contributed by atoms with van der Waals surface area (Å²) in [5, 5.41) is 17.2. The van der Waals surface area contributed by atoms with Gasteiger partial charge in [-0.05, 0) is 23.8 Å². The first-order chi connectivity index (χ1) is 16.2. The highest BCUT2D eigenvalue weighted by atomic mass is 19.1. The Bertz CT molecular complexity index is 1550. The maximum absolute atomic E-state index is 14.1. The number of fused-ring (bicyclic) bond motifs is 1. The monoisotopic (exact) mass is 467 g/mol. The molecule has 0 atom stereocenters. The van der Waals surface area contributed by atoms with E-state index in [1.54, 1.807) is 0 Å². The molecule has 14 heteroatoms. The van der Waals surface area contributed by atoms with Gasteiger partial charge < -0.3 is 21.5 Å². The summed E-state index contributed by atoms with van der Waals surface area (Å²) >= 11 is 0. The van der Waals surface area contributed by atoms with Gasteiger partial charge in [-0.25, -0.2) is 18.8 Å². The Morgan fingerprint density at radius 2 is 1.94 bits per heavy atom. The molecule has 2 aromatic heterocycles. The molecular formula is C20H14FN7O6. The summed E-state index contributed by atoms with van der Waals surface area (Å²) in [6.07, 6.45) is 0.983. The lowest BCUT2D eigenvalue weighted by Gasteiger charge is -2.12. The number of amides is 2. The maximum atomic E-state index is 14.1. The molecule has 0 fully saturated rings. The highest BCUT2D eigenvalue weighted by molar-refractivity contribution is 5.98. The van der Waals surface area contributed by atoms with E-state index in [9.17, 15) is 33.6 Å². The van der Waals surface area contributed by atoms with Crippen LogP contribution in [0.15, 0.2) is 45.2 Å². The molecule has 0 radical (unpaired) electrons. The molecular weight excluding hydrogens is 453 g/mol. The Labute approximate surface area is 187 Å². The number of hydrogen-bond donors (Lipinski definition) is 4. The van der Waals surface area contributed by atoms with E-state index in [2.05, 4.69) is 25.8 Å². The molecule has 13 nitrogen and oxygen atoms in total. The van der Waals surface area contributed by atoms with Crippen LogP contribution in [0.1, 0.15) is 32.1 Å². The van der Waals surface area contributed by atoms with Crippen molar-refractivity contribution >= 4 is 29.0 Å². The highest BCUT2D eigenvalue weighted by Crippen LogP contribution is 2.18. The van der Waals surface area contributed by atoms with Crippen LogP contribution in [-0.2, 0) is 13.1 Å². The van der Waals surface area contributed by atoms with Crippen molar-refractivity contribution in [3.8, 4) is 5.88 Å². The third-order valence-corrected chi connectivity index (χ3v) is 4.96. The van der Waals surface area contributed by atoms with Crippen molar-refractivity contribution in [1.82, 2.24) is 19.7 Å². The highest BCUT2D eigenvalue weighted by Gasteiger charge is 2.21. The number of benzene rings is 1. The molecule has 34 heavy (non-hydrogen) atoms. The summed E-state index contributed by atoms with van der Waals surface area (Å²) < 4.78 is 15.0. The molecule has 5 N–H and O–H groups in total. The Morgan fingerprint density at radius 3 is 2.65 bits per heavy atom. The van der Waals surface area contributed by atoms with Gasteiger partial charge in [0.15, 0.2) is 0 Å². The lowest BCUT2D eigenvalue weighted by atomic mass is 10.1. The maximum Gasteiger partial charge on any atom is 0.333 e. The van der Waals surface area contributed by atoms with Gasteiger partial charge in [-0.1, -0.05) is 6.07 Å². The second kappa shape index (κ2) is 8.50. The van der Waals surface area contributed by atoms with Crippen molar-refractivity contribution in [3.63, 3.8) is 0 Å². The zero-order chi connectivity index (χ0) is 24.6. The Balaban J connectivity index is 1.50. The largest absolute Gasteiger partial charge is 0.493 e. The van der Waals surface area contributed by atoms with Crippen LogP contribution in [0.3, 0.4) is 0 Å². The smallest absolute Gasteiger partial charge is 0.333 e. The van der Waals surface area contributed by atoms with Gasteiger partial charge in [0.2, 0.25) is 11.7 Å². The number of nitrogens with one attached hydrogen (secondary N) is 2. The second-order valence-corrected chi connectivity index (χ2v) is 7.08. The Hall–Kier alpha value is -5.01. The van der Waals surface area contributed by atoms with Crippen molar-refractivity contribution in [1.29, 1.82) is 0 Å². The zero-order valence-electron chi connectivity index (χ0n) is 17.0. The van der Waals surface area contributed by atoms with Crippen LogP contribution in [0.4, 0.5) is 15.8 Å². The lowest BCUT2D eigenvalue weighted by Crippen LogP contribution is -2.37. The van der Waals surface area contributed by atoms with Gasteiger partial charge in [-0.15, -0.1) is 4.91 Å². The summed E-state index contributed by atoms with van der Waals surface area (Å²) in [5.41, 5.74) is 3.51. The molecule has 0 unspecified atom stereocenters. The van der Waals surface area contributed by atoms with E-state index in [4.69, 9.17) is 5.73 Å². The number of aromatic hydroxyl groups is 1. The summed E-state index contributed by atoms with van der Waals surface area (Å²) in [5.74, 6) is -3.25. The summed E-state index contributed by atoms with van der Waals surface area (Å²) in [6, 6.07) is 4.98. The number of carbonyl (C=O) groups is 2. The Kier molecular flexibility index (Phi) is 5.55. The molecule has 2 heterocycles. The summed E-state index contributed by atoms with van der Waals surface area (Å²) in [6.45, 7) is -0.204. The van der Waals surface area contributed by atoms with Gasteiger partial charge in [0, 0.05) is 23.8 Å². The van der Waals surface area contributed by atoms with Gasteiger partial charge in [0.1, 0.15) is 28.6 Å². The molecule has 4 aromatic rings. The van der Waals surface area contributed by atoms with Crippen molar-refractivity contribution < 1.29 is 19.1 Å². The topological polar surface area (TPSA) is 198 Å². The van der Waals surface area contributed by atoms with E-state index in [0.29, 0.717) is 5.56 Å². The first-order valence-electron chi connectivity index (χ1n) is 9.54. The van der Waals surface area contributed by atoms with Crippen LogP contribution < -0.4 is 27.2 Å². The summed E-state index contributed by atoms with van der Waals surface area (Å²) in [4.78, 5) is 65.4. The van der Waals surface area contributed by atoms with Crippen LogP contribution in [0.2, 0.25) is 0 Å². The fourth-order valence-electron chi connectivity index (χ4n) is 3.21. The molecule has 0 aliphatic heterocycles. The molecule has 172 valence electrons. The fourth-order valence-corrected chi connectivity index (χ4v) is 3.21. The van der Waals surface area contributed by atoms with Gasteiger partial charge in [0.05, 0.1) is 6.20 Å². The van der Waals surface area contributed by atoms with Crippen molar-refractivity contribution in [2.24, 2.45) is 5.18 Å². The molecule has 0 aliphatic rings. The third kappa shape index (κ3) is 3.83. The predicted octanol–water partition coefficient (Wildman–Crippen LogP) is 0.201. The molecule has 0 bridgehead atoms. The minimum absolute atomic E-state index is 0.0733. The minimum Gasteiger partial charge on any atom is -0.493 e. The average molecular weight is 467 g/mol. The van der Waals surface area contributed by atoms with Gasteiger partial charge in [-0.3, -0.25) is 19.2 Å². The van der Waals surface area contributed by atoms with Gasteiger partial charge >= 0.3 is 5.91 Å². The SMILES string of the molecule is Nc1c(NCc2cc(CNC(=O)c3cc(C(=O)N=O)n4c(O)cnc4n3)ccc2F)c(=O)c1=O. The third-order valence-electron chi connectivity index (χ3n) is 4.96. The first kappa shape index (κ1) is 22.2. The van der Waals surface area contributed by atoms with Gasteiger partial charge in [-0.2, -0.15) is 0 Å². The normalized spacial score (nSPS) is 11.0. The second-order valence-electron chi connectivity index (χ2n) is 7.08. The average Bonchev–Trinajstić information content (AvgIpc) is 3.23. The van der Waals surface area contributed by atoms with Crippen LogP contribution in [-0.4, -0.2) is 31.3 Å². The number of hydrogen-bond acceptors (Lipinski definition) is 10. The Morgan fingerprint density at radius 1 is 1.18 bits per heavy atom. The van der Waals surface area contributed by atoms with E-state index < -0.39 is 40.1 Å². The summed E-state index contributed by atoms with van der Waals surface area (Å²) in [7, 11) is 0. The number of nitroso groups, excluding NO2 is 1. The molecule has 2 aromatic carbocycles. The molecule has 0 saturated carbocycles. The standard InChI is InChI=1S/C20H14FN7O6/c21-10-2-1-8(3-9(10)6-23-15-14(22)16(30)17(15)31)5-24-18(32)11-4-12(19(33)27-34)28-13(29)7-25-20(28)26-11/h1-4,7,23,29H,5-6,22H2,(H,24,32). The van der Waals surface area contributed by atoms with E-state index in [0.717, 1.165) is 22.7 Å². The number of rotatable bonds is 7. The lowest BCUT2D eigenvalue weighted by molar-refractivity contribution is 0.0946. The molecule has 0 saturated heterocycles. The van der Waals surface area contributed by atoms with Crippen LogP contribution in [0.5, 0.6) is 5.88 Å². The van der Waals surface area contributed by atoms with Crippen molar-refractivity contribution in [2.45, 2.75) is 13.1 Å². The number of nitrogens with zero attached hydrogens (tertiary/aromatic N) is 4. The van der Waals surface area contributed by atoms with E-state index in [-0.39, 0.29) is 41.5 Å². The number of aromatic nitrogens is 3. The van der Waals surface area contributed by atoms with E-state index in [1.807, 2.05) is 0 Å². The van der Waals surface area contributed by atoms with Crippen molar-refractivity contribution in [2.75, 3.05) is 11.1 Å². The number of anilines is 2. The number of carbonyl (C=O) groups excluding carboxylic acids is 2. The predicted molar refractivity (Wildman–Crippen MR) is 115 cm³/mol. The van der Waals surface area contributed by atoms with Crippen LogP contribution in [0.25, 0.3) is 5.78 Å². The fraction of sp³-hybridized carbons (Fsp3) is 0.100. The van der Waals surface area contributed by atoms with Crippen LogP contribution >= 0.6 is 0 Å². The first-order valence-corrected chi connectivity index (χ1v) is 9.54. The van der Waals surface area contributed by atoms with Crippen molar-refractivity contribution in [3.05, 3.63) is 84.1 Å². The van der Waals surface area contributed by atoms with E-state index >= 15 is 0 Å². The molecule has 0 aliphatic carbocycles. The van der Waals surface area contributed by atoms with Gasteiger partial charge in [0.25, 0.3) is 16.8 Å². The number of imidazole rings is 1. The zero-order valence-corrected chi connectivity index (χ0v) is 17.0. The number of nitrogens with two attached hydrogens (primary N) is 1. The molecule has 0 spiro atoms. The molecule has 4 rings (SSSR count). The van der Waals surface area contributed by atoms with E-state index in [1.165, 1.54) is 12.1 Å². The van der Waals surface area contributed by atoms with Crippen LogP contribution in [0, 0.1) is 10.7 Å². The quantitative estimate of drug-likeness (QED) is 0.215. The molecule has 2 amide bonds. The minimum atomic E-state index is -1.24. The number of halogens is 1.